The van der Waals surface area contributed by atoms with Crippen molar-refractivity contribution in [2.75, 3.05) is 25.0 Å². The molecule has 0 radical (unpaired) electrons. The summed E-state index contributed by atoms with van der Waals surface area (Å²) in [6, 6.07) is 6.58. The smallest absolute Gasteiger partial charge is 0.105 e. The van der Waals surface area contributed by atoms with Crippen LogP contribution in [0.25, 0.3) is 0 Å². The summed E-state index contributed by atoms with van der Waals surface area (Å²) in [6.45, 7) is 5.69. The molecule has 104 valence electrons. The van der Waals surface area contributed by atoms with Gasteiger partial charge in [0.15, 0.2) is 0 Å². The van der Waals surface area contributed by atoms with E-state index >= 15 is 0 Å². The van der Waals surface area contributed by atoms with Crippen molar-refractivity contribution < 1.29 is 0 Å². The minimum atomic E-state index is 0.420. The largest absolute Gasteiger partial charge is 0.389 e. The van der Waals surface area contributed by atoms with Gasteiger partial charge in [-0.05, 0) is 67.0 Å². The summed E-state index contributed by atoms with van der Waals surface area (Å²) in [5, 5.41) is 3.47. The van der Waals surface area contributed by atoms with Crippen molar-refractivity contribution in [3.05, 3.63) is 28.2 Å². The topological polar surface area (TPSA) is 41.3 Å². The number of thiocarbonyl (C=S) groups is 1. The molecule has 0 amide bonds. The molecule has 0 spiro atoms. The second kappa shape index (κ2) is 6.68. The molecule has 1 aromatic carbocycles. The Hall–Kier alpha value is -0.650. The average Bonchev–Trinajstić information content (AvgIpc) is 2.89. The zero-order chi connectivity index (χ0) is 13.8. The highest BCUT2D eigenvalue weighted by atomic mass is 79.9. The minimum absolute atomic E-state index is 0.420. The van der Waals surface area contributed by atoms with Crippen LogP contribution >= 0.6 is 28.1 Å². The maximum Gasteiger partial charge on any atom is 0.105 e. The van der Waals surface area contributed by atoms with E-state index in [1.165, 1.54) is 25.9 Å². The molecule has 3 nitrogen and oxygen atoms in total. The normalized spacial score (nSPS) is 17.4. The Morgan fingerprint density at radius 3 is 2.74 bits per heavy atom. The summed E-state index contributed by atoms with van der Waals surface area (Å²) in [4.78, 5) is 2.95. The van der Waals surface area contributed by atoms with E-state index in [4.69, 9.17) is 18.0 Å². The molecule has 3 N–H and O–H groups in total. The molecular formula is C14H20BrN3S. The van der Waals surface area contributed by atoms with Gasteiger partial charge < -0.3 is 11.1 Å². The second-order valence-electron chi connectivity index (χ2n) is 5.03. The van der Waals surface area contributed by atoms with Crippen molar-refractivity contribution in [1.82, 2.24) is 4.90 Å². The van der Waals surface area contributed by atoms with Crippen LogP contribution in [0, 0.1) is 0 Å². The molecule has 1 aromatic rings. The Morgan fingerprint density at radius 1 is 1.47 bits per heavy atom. The zero-order valence-electron chi connectivity index (χ0n) is 11.2. The minimum Gasteiger partial charge on any atom is -0.389 e. The highest BCUT2D eigenvalue weighted by Crippen LogP contribution is 2.22. The Balaban J connectivity index is 1.92. The van der Waals surface area contributed by atoms with Crippen molar-refractivity contribution >= 4 is 38.8 Å². The van der Waals surface area contributed by atoms with Gasteiger partial charge in [-0.25, -0.2) is 0 Å². The number of rotatable bonds is 5. The van der Waals surface area contributed by atoms with Crippen LogP contribution in [0.5, 0.6) is 0 Å². The molecule has 5 heteroatoms. The number of likely N-dealkylation sites (tertiary alicyclic amines) is 1. The van der Waals surface area contributed by atoms with E-state index in [-0.39, 0.29) is 0 Å². The van der Waals surface area contributed by atoms with Gasteiger partial charge >= 0.3 is 0 Å². The molecule has 0 aromatic heterocycles. The maximum absolute atomic E-state index is 5.64. The fraction of sp³-hybridized carbons (Fsp3) is 0.500. The summed E-state index contributed by atoms with van der Waals surface area (Å²) in [5.41, 5.74) is 7.62. The maximum atomic E-state index is 5.64. The first-order chi connectivity index (χ1) is 9.08. The average molecular weight is 342 g/mol. The van der Waals surface area contributed by atoms with Crippen LogP contribution in [-0.4, -0.2) is 35.6 Å². The first kappa shape index (κ1) is 14.8. The lowest BCUT2D eigenvalue weighted by atomic mass is 10.2. The standard InChI is InChI=1S/C14H20BrN3S/c1-10(18-6-2-3-7-18)9-17-11-4-5-12(14(16)19)13(15)8-11/h4-5,8,10,17H,2-3,6-7,9H2,1H3,(H2,16,19). The number of nitrogens with zero attached hydrogens (tertiary/aromatic N) is 1. The number of nitrogens with one attached hydrogen (secondary N) is 1. The molecule has 0 saturated carbocycles. The fourth-order valence-corrected chi connectivity index (χ4v) is 3.30. The lowest BCUT2D eigenvalue weighted by molar-refractivity contribution is 0.269. The van der Waals surface area contributed by atoms with Crippen LogP contribution in [0.3, 0.4) is 0 Å². The summed E-state index contributed by atoms with van der Waals surface area (Å²) >= 11 is 8.50. The predicted molar refractivity (Wildman–Crippen MR) is 88.8 cm³/mol. The molecule has 0 bridgehead atoms. The Morgan fingerprint density at radius 2 is 2.16 bits per heavy atom. The number of nitrogens with two attached hydrogens (primary N) is 1. The number of anilines is 1. The summed E-state index contributed by atoms with van der Waals surface area (Å²) < 4.78 is 0.943. The van der Waals surface area contributed by atoms with E-state index in [2.05, 4.69) is 33.1 Å². The molecule has 19 heavy (non-hydrogen) atoms. The van der Waals surface area contributed by atoms with E-state index in [1.54, 1.807) is 0 Å². The second-order valence-corrected chi connectivity index (χ2v) is 6.33. The predicted octanol–water partition coefficient (Wildman–Crippen LogP) is 2.98. The molecule has 1 aliphatic rings. The van der Waals surface area contributed by atoms with Gasteiger partial charge in [0.1, 0.15) is 4.99 Å². The highest BCUT2D eigenvalue weighted by Gasteiger charge is 2.17. The summed E-state index contributed by atoms with van der Waals surface area (Å²) in [5.74, 6) is 0. The molecular weight excluding hydrogens is 322 g/mol. The highest BCUT2D eigenvalue weighted by molar-refractivity contribution is 9.10. The molecule has 1 fully saturated rings. The summed E-state index contributed by atoms with van der Waals surface area (Å²) in [7, 11) is 0. The first-order valence-corrected chi connectivity index (χ1v) is 7.85. The SMILES string of the molecule is CC(CNc1ccc(C(N)=S)c(Br)c1)N1CCCC1. The Bertz CT molecular complexity index is 458. The van der Waals surface area contributed by atoms with Gasteiger partial charge in [-0.2, -0.15) is 0 Å². The zero-order valence-corrected chi connectivity index (χ0v) is 13.6. The molecule has 1 heterocycles. The molecule has 1 atom stereocenters. The number of hydrogen-bond acceptors (Lipinski definition) is 3. The van der Waals surface area contributed by atoms with Gasteiger partial charge in [0, 0.05) is 28.3 Å². The van der Waals surface area contributed by atoms with Crippen LogP contribution in [0.1, 0.15) is 25.3 Å². The molecule has 1 unspecified atom stereocenters. The number of hydrogen-bond donors (Lipinski definition) is 2. The van der Waals surface area contributed by atoms with Gasteiger partial charge in [0.2, 0.25) is 0 Å². The third-order valence-corrected chi connectivity index (χ3v) is 4.48. The van der Waals surface area contributed by atoms with Crippen LogP contribution < -0.4 is 11.1 Å². The first-order valence-electron chi connectivity index (χ1n) is 6.65. The molecule has 1 aliphatic heterocycles. The van der Waals surface area contributed by atoms with E-state index in [9.17, 15) is 0 Å². The monoisotopic (exact) mass is 341 g/mol. The lowest BCUT2D eigenvalue weighted by Crippen LogP contribution is -2.35. The van der Waals surface area contributed by atoms with Crippen LogP contribution in [0.2, 0.25) is 0 Å². The van der Waals surface area contributed by atoms with Crippen molar-refractivity contribution in [2.45, 2.75) is 25.8 Å². The summed E-state index contributed by atoms with van der Waals surface area (Å²) in [6.07, 6.45) is 2.66. The quantitative estimate of drug-likeness (QED) is 0.808. The van der Waals surface area contributed by atoms with Crippen LogP contribution in [0.15, 0.2) is 22.7 Å². The Kier molecular flexibility index (Phi) is 5.19. The molecule has 1 saturated heterocycles. The van der Waals surface area contributed by atoms with Crippen molar-refractivity contribution in [3.63, 3.8) is 0 Å². The van der Waals surface area contributed by atoms with Crippen molar-refractivity contribution in [2.24, 2.45) is 5.73 Å². The van der Waals surface area contributed by atoms with Gasteiger partial charge in [-0.1, -0.05) is 12.2 Å². The van der Waals surface area contributed by atoms with Gasteiger partial charge in [0.25, 0.3) is 0 Å². The van der Waals surface area contributed by atoms with Crippen LogP contribution in [-0.2, 0) is 0 Å². The Labute approximate surface area is 128 Å². The van der Waals surface area contributed by atoms with Crippen LogP contribution in [0.4, 0.5) is 5.69 Å². The van der Waals surface area contributed by atoms with Gasteiger partial charge in [-0.3, -0.25) is 4.90 Å². The van der Waals surface area contributed by atoms with Crippen molar-refractivity contribution in [1.29, 1.82) is 0 Å². The lowest BCUT2D eigenvalue weighted by Gasteiger charge is -2.24. The van der Waals surface area contributed by atoms with Crippen molar-refractivity contribution in [3.8, 4) is 0 Å². The number of benzene rings is 1. The third-order valence-electron chi connectivity index (χ3n) is 3.60. The van der Waals surface area contributed by atoms with Gasteiger partial charge in [-0.15, -0.1) is 0 Å². The van der Waals surface area contributed by atoms with E-state index in [1.807, 2.05) is 18.2 Å². The van der Waals surface area contributed by atoms with E-state index in [0.717, 1.165) is 22.3 Å². The number of halogens is 1. The third kappa shape index (κ3) is 3.91. The van der Waals surface area contributed by atoms with Gasteiger partial charge in [0.05, 0.1) is 0 Å². The fourth-order valence-electron chi connectivity index (χ4n) is 2.40. The molecule has 0 aliphatic carbocycles. The van der Waals surface area contributed by atoms with E-state index in [0.29, 0.717) is 11.0 Å². The molecule has 2 rings (SSSR count). The van der Waals surface area contributed by atoms with E-state index < -0.39 is 0 Å².